The number of halogens is 1. The predicted octanol–water partition coefficient (Wildman–Crippen LogP) is 1.75. The number of nitrogens with zero attached hydrogens (tertiary/aromatic N) is 2. The number of carbonyl (C=O) groups excluding carboxylic acids is 1. The molecule has 0 saturated carbocycles. The maximum atomic E-state index is 12.0. The lowest BCUT2D eigenvalue weighted by molar-refractivity contribution is -0.117. The fraction of sp³-hybridized carbons (Fsp3) is 0.154. The third-order valence-corrected chi connectivity index (χ3v) is 3.19. The van der Waals surface area contributed by atoms with Gasteiger partial charge in [0, 0.05) is 0 Å². The number of nitrogens with one attached hydrogen (secondary N) is 1. The SMILES string of the molecule is N[C@@H](Cc1ccccc1)C(=O)Nc1cncnc1Br. The molecule has 0 spiro atoms. The number of amides is 1. The van der Waals surface area contributed by atoms with Gasteiger partial charge in [0.2, 0.25) is 5.91 Å². The molecule has 0 radical (unpaired) electrons. The molecule has 0 aliphatic rings. The first-order chi connectivity index (χ1) is 9.16. The van der Waals surface area contributed by atoms with Gasteiger partial charge in [-0.25, -0.2) is 9.97 Å². The van der Waals surface area contributed by atoms with Crippen LogP contribution in [0.4, 0.5) is 5.69 Å². The maximum absolute atomic E-state index is 12.0. The zero-order valence-corrected chi connectivity index (χ0v) is 11.7. The summed E-state index contributed by atoms with van der Waals surface area (Å²) in [5, 5.41) is 2.69. The van der Waals surface area contributed by atoms with E-state index in [4.69, 9.17) is 5.73 Å². The second-order valence-electron chi connectivity index (χ2n) is 4.01. The van der Waals surface area contributed by atoms with E-state index in [1.165, 1.54) is 12.5 Å². The van der Waals surface area contributed by atoms with Crippen molar-refractivity contribution in [2.45, 2.75) is 12.5 Å². The lowest BCUT2D eigenvalue weighted by Gasteiger charge is -2.12. The summed E-state index contributed by atoms with van der Waals surface area (Å²) in [6.45, 7) is 0. The lowest BCUT2D eigenvalue weighted by Crippen LogP contribution is -2.37. The Hall–Kier alpha value is -1.79. The van der Waals surface area contributed by atoms with Crippen LogP contribution in [0.3, 0.4) is 0 Å². The molecule has 3 N–H and O–H groups in total. The average Bonchev–Trinajstić information content (AvgIpc) is 2.42. The highest BCUT2D eigenvalue weighted by molar-refractivity contribution is 9.10. The van der Waals surface area contributed by atoms with Crippen LogP contribution in [0.15, 0.2) is 47.5 Å². The van der Waals surface area contributed by atoms with Crippen LogP contribution in [0.2, 0.25) is 0 Å². The molecule has 1 aromatic heterocycles. The predicted molar refractivity (Wildman–Crippen MR) is 76.5 cm³/mol. The number of benzene rings is 1. The largest absolute Gasteiger partial charge is 0.321 e. The van der Waals surface area contributed by atoms with E-state index >= 15 is 0 Å². The van der Waals surface area contributed by atoms with Crippen molar-refractivity contribution in [3.63, 3.8) is 0 Å². The van der Waals surface area contributed by atoms with Crippen molar-refractivity contribution in [3.05, 3.63) is 53.0 Å². The minimum Gasteiger partial charge on any atom is -0.321 e. The van der Waals surface area contributed by atoms with Crippen molar-refractivity contribution in [2.75, 3.05) is 5.32 Å². The number of hydrogen-bond donors (Lipinski definition) is 2. The second-order valence-corrected chi connectivity index (χ2v) is 4.76. The number of aromatic nitrogens is 2. The van der Waals surface area contributed by atoms with E-state index < -0.39 is 6.04 Å². The maximum Gasteiger partial charge on any atom is 0.241 e. The first kappa shape index (κ1) is 13.6. The molecular formula is C13H13BrN4O. The summed E-state index contributed by atoms with van der Waals surface area (Å²) in [4.78, 5) is 19.7. The quantitative estimate of drug-likeness (QED) is 0.841. The minimum atomic E-state index is -0.616. The molecule has 0 fully saturated rings. The summed E-state index contributed by atoms with van der Waals surface area (Å²) in [5.41, 5.74) is 7.41. The molecule has 0 unspecified atom stereocenters. The Kier molecular flexibility index (Phi) is 4.59. The van der Waals surface area contributed by atoms with Crippen molar-refractivity contribution >= 4 is 27.5 Å². The first-order valence-corrected chi connectivity index (χ1v) is 6.52. The van der Waals surface area contributed by atoms with Crippen LogP contribution in [-0.4, -0.2) is 21.9 Å². The van der Waals surface area contributed by atoms with Gasteiger partial charge in [0.15, 0.2) is 0 Å². The molecule has 19 heavy (non-hydrogen) atoms. The van der Waals surface area contributed by atoms with Crippen LogP contribution in [0.5, 0.6) is 0 Å². The molecule has 98 valence electrons. The molecule has 0 aliphatic carbocycles. The molecule has 1 atom stereocenters. The fourth-order valence-electron chi connectivity index (χ4n) is 1.58. The monoisotopic (exact) mass is 320 g/mol. The number of anilines is 1. The molecule has 0 bridgehead atoms. The summed E-state index contributed by atoms with van der Waals surface area (Å²) in [5.74, 6) is -0.264. The Morgan fingerprint density at radius 1 is 1.37 bits per heavy atom. The smallest absolute Gasteiger partial charge is 0.241 e. The summed E-state index contributed by atoms with van der Waals surface area (Å²) in [6, 6.07) is 9.02. The van der Waals surface area contributed by atoms with Gasteiger partial charge in [-0.15, -0.1) is 0 Å². The van der Waals surface area contributed by atoms with Crippen LogP contribution >= 0.6 is 15.9 Å². The van der Waals surface area contributed by atoms with E-state index in [2.05, 4.69) is 31.2 Å². The van der Waals surface area contributed by atoms with E-state index in [1.807, 2.05) is 30.3 Å². The Morgan fingerprint density at radius 2 is 2.11 bits per heavy atom. The van der Waals surface area contributed by atoms with E-state index in [-0.39, 0.29) is 5.91 Å². The topological polar surface area (TPSA) is 80.9 Å². The highest BCUT2D eigenvalue weighted by Gasteiger charge is 2.15. The van der Waals surface area contributed by atoms with E-state index in [0.29, 0.717) is 16.7 Å². The fourth-order valence-corrected chi connectivity index (χ4v) is 1.88. The molecule has 6 heteroatoms. The number of hydrogen-bond acceptors (Lipinski definition) is 4. The lowest BCUT2D eigenvalue weighted by atomic mass is 10.1. The Labute approximate surface area is 119 Å². The molecule has 0 aliphatic heterocycles. The van der Waals surface area contributed by atoms with E-state index in [9.17, 15) is 4.79 Å². The van der Waals surface area contributed by atoms with Gasteiger partial charge in [0.05, 0.1) is 17.9 Å². The standard InChI is InChI=1S/C13H13BrN4O/c14-12-11(7-16-8-17-12)18-13(19)10(15)6-9-4-2-1-3-5-9/h1-5,7-8,10H,6,15H2,(H,18,19)/t10-/m0/s1. The minimum absolute atomic E-state index is 0.264. The van der Waals surface area contributed by atoms with Crippen LogP contribution in [-0.2, 0) is 11.2 Å². The van der Waals surface area contributed by atoms with Crippen molar-refractivity contribution < 1.29 is 4.79 Å². The third-order valence-electron chi connectivity index (χ3n) is 2.56. The van der Waals surface area contributed by atoms with Crippen LogP contribution in [0, 0.1) is 0 Å². The van der Waals surface area contributed by atoms with Crippen molar-refractivity contribution in [1.82, 2.24) is 9.97 Å². The zero-order valence-electron chi connectivity index (χ0n) is 10.1. The van der Waals surface area contributed by atoms with Crippen molar-refractivity contribution in [2.24, 2.45) is 5.73 Å². The van der Waals surface area contributed by atoms with Gasteiger partial charge in [-0.2, -0.15) is 0 Å². The summed E-state index contributed by atoms with van der Waals surface area (Å²) < 4.78 is 0.530. The van der Waals surface area contributed by atoms with Crippen molar-refractivity contribution in [1.29, 1.82) is 0 Å². The van der Waals surface area contributed by atoms with Gasteiger partial charge >= 0.3 is 0 Å². The Morgan fingerprint density at radius 3 is 2.79 bits per heavy atom. The molecule has 0 saturated heterocycles. The van der Waals surface area contributed by atoms with Crippen LogP contribution in [0.1, 0.15) is 5.56 Å². The summed E-state index contributed by atoms with van der Waals surface area (Å²) in [6.07, 6.45) is 3.39. The molecule has 1 amide bonds. The Bertz CT molecular complexity index is 562. The van der Waals surface area contributed by atoms with Crippen molar-refractivity contribution in [3.8, 4) is 0 Å². The molecular weight excluding hydrogens is 308 g/mol. The summed E-state index contributed by atoms with van der Waals surface area (Å²) in [7, 11) is 0. The molecule has 1 aromatic carbocycles. The first-order valence-electron chi connectivity index (χ1n) is 5.72. The molecule has 5 nitrogen and oxygen atoms in total. The average molecular weight is 321 g/mol. The highest BCUT2D eigenvalue weighted by Crippen LogP contribution is 2.17. The van der Waals surface area contributed by atoms with E-state index in [0.717, 1.165) is 5.56 Å². The number of carbonyl (C=O) groups is 1. The van der Waals surface area contributed by atoms with Gasteiger partial charge in [0.1, 0.15) is 10.9 Å². The van der Waals surface area contributed by atoms with Gasteiger partial charge in [0.25, 0.3) is 0 Å². The Balaban J connectivity index is 1.99. The molecule has 2 rings (SSSR count). The number of rotatable bonds is 4. The van der Waals surface area contributed by atoms with Gasteiger partial charge in [-0.3, -0.25) is 4.79 Å². The highest BCUT2D eigenvalue weighted by atomic mass is 79.9. The third kappa shape index (κ3) is 3.84. The normalized spacial score (nSPS) is 11.9. The summed E-state index contributed by atoms with van der Waals surface area (Å²) >= 11 is 3.23. The van der Waals surface area contributed by atoms with Gasteiger partial charge in [-0.05, 0) is 27.9 Å². The molecule has 2 aromatic rings. The second kappa shape index (κ2) is 6.40. The van der Waals surface area contributed by atoms with E-state index in [1.54, 1.807) is 0 Å². The molecule has 1 heterocycles. The number of nitrogens with two attached hydrogens (primary N) is 1. The van der Waals surface area contributed by atoms with Crippen LogP contribution in [0.25, 0.3) is 0 Å². The van der Waals surface area contributed by atoms with Gasteiger partial charge < -0.3 is 11.1 Å². The van der Waals surface area contributed by atoms with Crippen LogP contribution < -0.4 is 11.1 Å². The zero-order chi connectivity index (χ0) is 13.7. The van der Waals surface area contributed by atoms with Gasteiger partial charge in [-0.1, -0.05) is 30.3 Å².